The molecule has 1 amide bonds. The van der Waals surface area contributed by atoms with Crippen molar-refractivity contribution in [1.82, 2.24) is 4.90 Å². The largest absolute Gasteiger partial charge is 0.465 e. The van der Waals surface area contributed by atoms with Gasteiger partial charge in [0.15, 0.2) is 0 Å². The van der Waals surface area contributed by atoms with E-state index in [0.717, 1.165) is 10.4 Å². The number of ether oxygens (including phenoxy) is 1. The van der Waals surface area contributed by atoms with Crippen LogP contribution in [-0.2, 0) is 9.53 Å². The van der Waals surface area contributed by atoms with E-state index < -0.39 is 6.10 Å². The Hall–Kier alpha value is -3.32. The fourth-order valence-corrected chi connectivity index (χ4v) is 4.18. The van der Waals surface area contributed by atoms with Crippen LogP contribution in [0.2, 0.25) is 0 Å². The zero-order valence-corrected chi connectivity index (χ0v) is 19.6. The molecular formula is C27H27NO4S. The molecule has 6 heteroatoms. The lowest BCUT2D eigenvalue weighted by atomic mass is 9.99. The maximum Gasteiger partial charge on any atom is 0.348 e. The number of likely N-dealkylation sites (tertiary alicyclic amines) is 1. The molecule has 0 bridgehead atoms. The van der Waals surface area contributed by atoms with Crippen molar-refractivity contribution >= 4 is 23.2 Å². The molecule has 1 unspecified atom stereocenters. The number of amides is 1. The van der Waals surface area contributed by atoms with Gasteiger partial charge >= 0.3 is 5.97 Å². The molecular weight excluding hydrogens is 434 g/mol. The van der Waals surface area contributed by atoms with E-state index in [-0.39, 0.29) is 23.8 Å². The van der Waals surface area contributed by atoms with E-state index in [1.165, 1.54) is 18.4 Å². The summed E-state index contributed by atoms with van der Waals surface area (Å²) >= 11 is 1.26. The van der Waals surface area contributed by atoms with E-state index in [1.807, 2.05) is 43.3 Å². The first-order chi connectivity index (χ1) is 16.0. The highest BCUT2D eigenvalue weighted by molar-refractivity contribution is 7.14. The van der Waals surface area contributed by atoms with Crippen LogP contribution < -0.4 is 0 Å². The molecule has 170 valence electrons. The SMILES string of the molecule is COC(=O)c1ccc(C#CCN2C(=O)CC[C@@H]2/C=C/[C@H](O)C(C)CC#Cc2ccccc2)s1. The number of aliphatic hydroxyl groups excluding tert-OH is 1. The normalized spacial score (nSPS) is 17.1. The summed E-state index contributed by atoms with van der Waals surface area (Å²) in [5.74, 6) is 11.9. The van der Waals surface area contributed by atoms with Crippen LogP contribution in [-0.4, -0.2) is 47.7 Å². The van der Waals surface area contributed by atoms with E-state index in [9.17, 15) is 14.7 Å². The number of aliphatic hydroxyl groups is 1. The van der Waals surface area contributed by atoms with Crippen LogP contribution >= 0.6 is 11.3 Å². The lowest BCUT2D eigenvalue weighted by molar-refractivity contribution is -0.127. The van der Waals surface area contributed by atoms with E-state index in [2.05, 4.69) is 23.7 Å². The topological polar surface area (TPSA) is 66.8 Å². The van der Waals surface area contributed by atoms with Gasteiger partial charge in [-0.2, -0.15) is 0 Å². The second-order valence-electron chi connectivity index (χ2n) is 7.81. The van der Waals surface area contributed by atoms with Gasteiger partial charge in [0.1, 0.15) is 4.88 Å². The van der Waals surface area contributed by atoms with Gasteiger partial charge in [0.25, 0.3) is 0 Å². The van der Waals surface area contributed by atoms with Crippen molar-refractivity contribution in [2.75, 3.05) is 13.7 Å². The Morgan fingerprint density at radius 3 is 2.79 bits per heavy atom. The zero-order valence-electron chi connectivity index (χ0n) is 18.8. The Labute approximate surface area is 199 Å². The van der Waals surface area contributed by atoms with Crippen molar-refractivity contribution in [2.45, 2.75) is 38.3 Å². The molecule has 1 N–H and O–H groups in total. The molecule has 0 radical (unpaired) electrons. The Morgan fingerprint density at radius 2 is 2.03 bits per heavy atom. The number of esters is 1. The lowest BCUT2D eigenvalue weighted by Crippen LogP contribution is -2.32. The smallest absolute Gasteiger partial charge is 0.348 e. The molecule has 0 saturated carbocycles. The molecule has 0 aliphatic carbocycles. The Kier molecular flexibility index (Phi) is 8.89. The van der Waals surface area contributed by atoms with E-state index in [1.54, 1.807) is 23.1 Å². The van der Waals surface area contributed by atoms with Crippen LogP contribution in [0, 0.1) is 29.6 Å². The van der Waals surface area contributed by atoms with E-state index in [0.29, 0.717) is 30.7 Å². The number of hydrogen-bond donors (Lipinski definition) is 1. The monoisotopic (exact) mass is 461 g/mol. The van der Waals surface area contributed by atoms with Gasteiger partial charge in [-0.25, -0.2) is 4.79 Å². The van der Waals surface area contributed by atoms with Crippen LogP contribution in [0.25, 0.3) is 0 Å². The number of carbonyl (C=O) groups excluding carboxylic acids is 2. The van der Waals surface area contributed by atoms with Gasteiger partial charge < -0.3 is 14.7 Å². The van der Waals surface area contributed by atoms with Gasteiger partial charge in [0.05, 0.1) is 30.7 Å². The second-order valence-corrected chi connectivity index (χ2v) is 8.89. The van der Waals surface area contributed by atoms with Gasteiger partial charge in [-0.3, -0.25) is 4.79 Å². The maximum absolute atomic E-state index is 12.3. The Morgan fingerprint density at radius 1 is 1.24 bits per heavy atom. The summed E-state index contributed by atoms with van der Waals surface area (Å²) < 4.78 is 4.70. The minimum Gasteiger partial charge on any atom is -0.465 e. The van der Waals surface area contributed by atoms with Crippen molar-refractivity contribution in [3.8, 4) is 23.7 Å². The number of nitrogens with zero attached hydrogens (tertiary/aromatic N) is 1. The van der Waals surface area contributed by atoms with Crippen LogP contribution in [0.1, 0.15) is 46.3 Å². The summed E-state index contributed by atoms with van der Waals surface area (Å²) in [6.07, 6.45) is 4.78. The molecule has 33 heavy (non-hydrogen) atoms. The molecule has 2 heterocycles. The van der Waals surface area contributed by atoms with Crippen molar-refractivity contribution < 1.29 is 19.4 Å². The third-order valence-corrected chi connectivity index (χ3v) is 6.35. The van der Waals surface area contributed by atoms with Crippen LogP contribution in [0.5, 0.6) is 0 Å². The first kappa shape index (κ1) is 24.3. The highest BCUT2D eigenvalue weighted by Gasteiger charge is 2.28. The number of benzene rings is 1. The van der Waals surface area contributed by atoms with Crippen molar-refractivity contribution in [3.05, 3.63) is 69.9 Å². The number of hydrogen-bond acceptors (Lipinski definition) is 5. The zero-order chi connectivity index (χ0) is 23.6. The third kappa shape index (κ3) is 7.08. The summed E-state index contributed by atoms with van der Waals surface area (Å²) in [5.41, 5.74) is 0.958. The molecule has 1 aliphatic rings. The van der Waals surface area contributed by atoms with Crippen molar-refractivity contribution in [1.29, 1.82) is 0 Å². The Bertz CT molecular complexity index is 1110. The predicted octanol–water partition coefficient (Wildman–Crippen LogP) is 3.87. The predicted molar refractivity (Wildman–Crippen MR) is 130 cm³/mol. The summed E-state index contributed by atoms with van der Waals surface area (Å²) in [6.45, 7) is 2.26. The van der Waals surface area contributed by atoms with Gasteiger partial charge in [-0.1, -0.05) is 61.0 Å². The number of methoxy groups -OCH3 is 1. The molecule has 5 nitrogen and oxygen atoms in total. The molecule has 3 atom stereocenters. The molecule has 3 rings (SSSR count). The maximum atomic E-state index is 12.3. The highest BCUT2D eigenvalue weighted by atomic mass is 32.1. The fourth-order valence-electron chi connectivity index (χ4n) is 3.38. The van der Waals surface area contributed by atoms with Gasteiger partial charge in [-0.05, 0) is 36.6 Å². The average molecular weight is 462 g/mol. The summed E-state index contributed by atoms with van der Waals surface area (Å²) in [6, 6.07) is 13.1. The molecule has 1 aromatic carbocycles. The van der Waals surface area contributed by atoms with E-state index >= 15 is 0 Å². The van der Waals surface area contributed by atoms with Gasteiger partial charge in [-0.15, -0.1) is 11.3 Å². The summed E-state index contributed by atoms with van der Waals surface area (Å²) in [7, 11) is 1.34. The minimum atomic E-state index is -0.637. The first-order valence-corrected chi connectivity index (χ1v) is 11.7. The van der Waals surface area contributed by atoms with Gasteiger partial charge in [0, 0.05) is 18.4 Å². The Balaban J connectivity index is 1.54. The second kappa shape index (κ2) is 12.1. The van der Waals surface area contributed by atoms with Crippen molar-refractivity contribution in [3.63, 3.8) is 0 Å². The van der Waals surface area contributed by atoms with Crippen LogP contribution in [0.15, 0.2) is 54.6 Å². The molecule has 1 aliphatic heterocycles. The summed E-state index contributed by atoms with van der Waals surface area (Å²) in [4.78, 5) is 26.8. The molecule has 1 saturated heterocycles. The standard InChI is InChI=1S/C27H27NO4S/c1-20(8-6-11-21-9-4-3-5-10-21)24(29)16-13-22-14-18-26(30)28(22)19-7-12-23-15-17-25(33-23)27(31)32-2/h3-5,9-10,13,15-17,20,22,24,29H,8,14,18-19H2,1-2H3/b16-13+/t20?,22-,24-/m0/s1. The van der Waals surface area contributed by atoms with Crippen molar-refractivity contribution in [2.24, 2.45) is 5.92 Å². The van der Waals surface area contributed by atoms with Crippen LogP contribution in [0.3, 0.4) is 0 Å². The molecule has 1 fully saturated rings. The fraction of sp³-hybridized carbons (Fsp3) is 0.333. The number of carbonyl (C=O) groups is 2. The lowest BCUT2D eigenvalue weighted by Gasteiger charge is -2.20. The third-order valence-electron chi connectivity index (χ3n) is 5.37. The van der Waals surface area contributed by atoms with E-state index in [4.69, 9.17) is 4.74 Å². The van der Waals surface area contributed by atoms with Crippen LogP contribution in [0.4, 0.5) is 0 Å². The number of thiophene rings is 1. The first-order valence-electron chi connectivity index (χ1n) is 10.8. The molecule has 0 spiro atoms. The molecule has 1 aromatic heterocycles. The summed E-state index contributed by atoms with van der Waals surface area (Å²) in [5, 5.41) is 10.5. The van der Waals surface area contributed by atoms with Gasteiger partial charge in [0.2, 0.25) is 5.91 Å². The minimum absolute atomic E-state index is 0.0226. The quantitative estimate of drug-likeness (QED) is 0.403. The number of rotatable bonds is 6. The highest BCUT2D eigenvalue weighted by Crippen LogP contribution is 2.21. The average Bonchev–Trinajstić information content (AvgIpc) is 3.44. The molecule has 2 aromatic rings.